The molecular weight excluding hydrogens is 352 g/mol. The van der Waals surface area contributed by atoms with Gasteiger partial charge in [0.15, 0.2) is 0 Å². The highest BCUT2D eigenvalue weighted by Gasteiger charge is 2.31. The van der Waals surface area contributed by atoms with Gasteiger partial charge in [-0.1, -0.05) is 19.1 Å². The second-order valence-electron chi connectivity index (χ2n) is 8.31. The van der Waals surface area contributed by atoms with Crippen LogP contribution in [0, 0.1) is 5.92 Å². The van der Waals surface area contributed by atoms with E-state index in [4.69, 9.17) is 0 Å². The number of nitrogens with zero attached hydrogens (tertiary/aromatic N) is 4. The molecule has 0 aliphatic carbocycles. The molecule has 0 bridgehead atoms. The lowest BCUT2D eigenvalue weighted by molar-refractivity contribution is 0.0693. The van der Waals surface area contributed by atoms with E-state index in [0.717, 1.165) is 10.8 Å². The van der Waals surface area contributed by atoms with Gasteiger partial charge in [0.05, 0.1) is 11.1 Å². The van der Waals surface area contributed by atoms with Crippen LogP contribution in [0.5, 0.6) is 0 Å². The van der Waals surface area contributed by atoms with E-state index in [1.807, 2.05) is 0 Å². The molecule has 2 saturated heterocycles. The Morgan fingerprint density at radius 2 is 1.04 bits per heavy atom. The smallest absolute Gasteiger partial charge is 0.261 e. The van der Waals surface area contributed by atoms with Crippen molar-refractivity contribution < 1.29 is 9.59 Å². The van der Waals surface area contributed by atoms with E-state index in [1.165, 1.54) is 59.2 Å². The Morgan fingerprint density at radius 1 is 0.679 bits per heavy atom. The number of hydrogen-bond acceptors (Lipinski definition) is 5. The lowest BCUT2D eigenvalue weighted by Gasteiger charge is -2.28. The minimum absolute atomic E-state index is 0.212. The lowest BCUT2D eigenvalue weighted by Crippen LogP contribution is -2.42. The minimum atomic E-state index is -0.212. The first kappa shape index (κ1) is 22.5. The molecule has 0 spiro atoms. The van der Waals surface area contributed by atoms with E-state index < -0.39 is 0 Å². The number of piperazine rings is 1. The molecule has 2 fully saturated rings. The van der Waals surface area contributed by atoms with E-state index in [-0.39, 0.29) is 11.8 Å². The molecular formula is C22H36N4O2. The number of benzene rings is 1. The molecule has 6 nitrogen and oxygen atoms in total. The van der Waals surface area contributed by atoms with Gasteiger partial charge in [-0.3, -0.25) is 14.5 Å². The van der Waals surface area contributed by atoms with Gasteiger partial charge in [-0.25, -0.2) is 0 Å². The molecule has 6 heteroatoms. The fourth-order valence-electron chi connectivity index (χ4n) is 3.35. The maximum absolute atomic E-state index is 11.3. The summed E-state index contributed by atoms with van der Waals surface area (Å²) in [5, 5.41) is 0. The number of fused-ring (bicyclic) bond motifs is 1. The predicted octanol–water partition coefficient (Wildman–Crippen LogP) is 2.12. The summed E-state index contributed by atoms with van der Waals surface area (Å²) in [6, 6.07) is 6.84. The Balaban J connectivity index is 0.000000156. The van der Waals surface area contributed by atoms with Crippen molar-refractivity contribution >= 4 is 11.8 Å². The van der Waals surface area contributed by atoms with Gasteiger partial charge in [0.1, 0.15) is 0 Å². The third kappa shape index (κ3) is 6.40. The zero-order valence-corrected chi connectivity index (χ0v) is 18.1. The lowest BCUT2D eigenvalue weighted by atomic mass is 10.00. The second kappa shape index (κ2) is 10.7. The number of likely N-dealkylation sites (tertiary alicyclic amines) is 1. The zero-order valence-electron chi connectivity index (χ0n) is 18.1. The molecule has 0 unspecified atom stereocenters. The SMILES string of the molecule is CC1CCN(C)CC1.CN1C(=O)c2ccccc2C1=O.CN1CCN(C)CC1. The number of likely N-dealkylation sites (N-methyl/N-ethyl adjacent to an activating group) is 2. The highest BCUT2D eigenvalue weighted by Crippen LogP contribution is 2.20. The third-order valence-electron chi connectivity index (χ3n) is 5.73. The average Bonchev–Trinajstić information content (AvgIpc) is 2.92. The van der Waals surface area contributed by atoms with Crippen LogP contribution in [0.3, 0.4) is 0 Å². The van der Waals surface area contributed by atoms with E-state index in [1.54, 1.807) is 24.3 Å². The zero-order chi connectivity index (χ0) is 20.7. The first-order valence-electron chi connectivity index (χ1n) is 10.3. The first-order chi connectivity index (χ1) is 13.3. The summed E-state index contributed by atoms with van der Waals surface area (Å²) >= 11 is 0. The van der Waals surface area contributed by atoms with Gasteiger partial charge in [-0.05, 0) is 65.1 Å². The highest BCUT2D eigenvalue weighted by molar-refractivity contribution is 6.21. The molecule has 156 valence electrons. The number of imide groups is 1. The number of amides is 2. The van der Waals surface area contributed by atoms with Gasteiger partial charge in [0.25, 0.3) is 11.8 Å². The standard InChI is InChI=1S/C9H7NO2.C7H15N.C6H14N2/c1-10-8(11)6-4-2-3-5-7(6)9(10)12;2*1-7-3-5-8(2)6-4-7/h2-5H,1H3;7H,3-6H2,1-2H3;3-6H2,1-2H3. The molecule has 1 aromatic carbocycles. The van der Waals surface area contributed by atoms with Gasteiger partial charge in [0, 0.05) is 33.2 Å². The number of hydrogen-bond donors (Lipinski definition) is 0. The highest BCUT2D eigenvalue weighted by atomic mass is 16.2. The molecule has 2 amide bonds. The Kier molecular flexibility index (Phi) is 8.60. The Hall–Kier alpha value is -1.76. The molecule has 0 radical (unpaired) electrons. The van der Waals surface area contributed by atoms with Crippen LogP contribution in [0.4, 0.5) is 0 Å². The Morgan fingerprint density at radius 3 is 1.39 bits per heavy atom. The van der Waals surface area contributed by atoms with Crippen molar-refractivity contribution in [1.29, 1.82) is 0 Å². The monoisotopic (exact) mass is 388 g/mol. The van der Waals surface area contributed by atoms with Gasteiger partial charge in [0.2, 0.25) is 0 Å². The quantitative estimate of drug-likeness (QED) is 0.637. The van der Waals surface area contributed by atoms with Gasteiger partial charge >= 0.3 is 0 Å². The van der Waals surface area contributed by atoms with Gasteiger partial charge in [-0.15, -0.1) is 0 Å². The molecule has 0 N–H and O–H groups in total. The summed E-state index contributed by atoms with van der Waals surface area (Å²) in [5.41, 5.74) is 1.01. The van der Waals surface area contributed by atoms with E-state index >= 15 is 0 Å². The minimum Gasteiger partial charge on any atom is -0.306 e. The van der Waals surface area contributed by atoms with Crippen LogP contribution in [0.2, 0.25) is 0 Å². The van der Waals surface area contributed by atoms with Crippen LogP contribution in [-0.4, -0.2) is 98.9 Å². The van der Waals surface area contributed by atoms with Gasteiger partial charge < -0.3 is 14.7 Å². The molecule has 3 aliphatic heterocycles. The molecule has 4 rings (SSSR count). The average molecular weight is 389 g/mol. The topological polar surface area (TPSA) is 47.1 Å². The van der Waals surface area contributed by atoms with E-state index in [2.05, 4.69) is 42.8 Å². The summed E-state index contributed by atoms with van der Waals surface area (Å²) < 4.78 is 0. The number of rotatable bonds is 0. The molecule has 0 aromatic heterocycles. The summed E-state index contributed by atoms with van der Waals surface area (Å²) in [7, 11) is 8.04. The Bertz CT molecular complexity index is 573. The molecule has 0 atom stereocenters. The van der Waals surface area contributed by atoms with Crippen LogP contribution >= 0.6 is 0 Å². The summed E-state index contributed by atoms with van der Waals surface area (Å²) in [6.07, 6.45) is 2.80. The number of piperidine rings is 1. The van der Waals surface area contributed by atoms with Crippen molar-refractivity contribution in [3.8, 4) is 0 Å². The van der Waals surface area contributed by atoms with Crippen LogP contribution in [0.1, 0.15) is 40.5 Å². The van der Waals surface area contributed by atoms with Crippen molar-refractivity contribution in [2.24, 2.45) is 5.92 Å². The Labute approximate surface area is 170 Å². The van der Waals surface area contributed by atoms with Crippen molar-refractivity contribution in [2.75, 3.05) is 67.5 Å². The van der Waals surface area contributed by atoms with Crippen molar-refractivity contribution in [3.05, 3.63) is 35.4 Å². The van der Waals surface area contributed by atoms with Crippen molar-refractivity contribution in [1.82, 2.24) is 19.6 Å². The van der Waals surface area contributed by atoms with Crippen molar-refractivity contribution in [2.45, 2.75) is 19.8 Å². The van der Waals surface area contributed by atoms with Crippen LogP contribution in [-0.2, 0) is 0 Å². The van der Waals surface area contributed by atoms with Crippen LogP contribution in [0.15, 0.2) is 24.3 Å². The molecule has 1 aromatic rings. The molecule has 3 heterocycles. The van der Waals surface area contributed by atoms with Crippen LogP contribution in [0.25, 0.3) is 0 Å². The maximum atomic E-state index is 11.3. The molecule has 0 saturated carbocycles. The fraction of sp³-hybridized carbons (Fsp3) is 0.636. The fourth-order valence-corrected chi connectivity index (χ4v) is 3.35. The number of carbonyl (C=O) groups is 2. The molecule has 3 aliphatic rings. The van der Waals surface area contributed by atoms with Crippen LogP contribution < -0.4 is 0 Å². The predicted molar refractivity (Wildman–Crippen MR) is 114 cm³/mol. The van der Waals surface area contributed by atoms with Crippen molar-refractivity contribution in [3.63, 3.8) is 0 Å². The summed E-state index contributed by atoms with van der Waals surface area (Å²) in [6.45, 7) is 9.88. The normalized spacial score (nSPS) is 21.5. The molecule has 28 heavy (non-hydrogen) atoms. The van der Waals surface area contributed by atoms with E-state index in [0.29, 0.717) is 11.1 Å². The maximum Gasteiger partial charge on any atom is 0.261 e. The summed E-state index contributed by atoms with van der Waals surface area (Å²) in [4.78, 5) is 30.9. The number of carbonyl (C=O) groups excluding carboxylic acids is 2. The first-order valence-corrected chi connectivity index (χ1v) is 10.3. The third-order valence-corrected chi connectivity index (χ3v) is 5.73. The van der Waals surface area contributed by atoms with E-state index in [9.17, 15) is 9.59 Å². The second-order valence-corrected chi connectivity index (χ2v) is 8.31. The summed E-state index contributed by atoms with van der Waals surface area (Å²) in [5.74, 6) is 0.553. The van der Waals surface area contributed by atoms with Gasteiger partial charge in [-0.2, -0.15) is 0 Å². The largest absolute Gasteiger partial charge is 0.306 e.